The summed E-state index contributed by atoms with van der Waals surface area (Å²) < 4.78 is 31.1. The van der Waals surface area contributed by atoms with E-state index in [1.807, 2.05) is 0 Å². The fraction of sp³-hybridized carbons (Fsp3) is 0.182. The highest BCUT2D eigenvalue weighted by molar-refractivity contribution is 6.34. The molecule has 2 aromatic rings. The zero-order valence-corrected chi connectivity index (χ0v) is 9.49. The number of halogens is 1. The van der Waals surface area contributed by atoms with Crippen LogP contribution in [0.15, 0.2) is 18.5 Å². The molecule has 1 aromatic heterocycles. The quantitative estimate of drug-likeness (QED) is 0.468. The van der Waals surface area contributed by atoms with Gasteiger partial charge in [0.05, 0.1) is 16.7 Å². The van der Waals surface area contributed by atoms with E-state index in [1.165, 1.54) is 25.4 Å². The Kier molecular flexibility index (Phi) is 2.21. The molecule has 0 aliphatic rings. The fourth-order valence-corrected chi connectivity index (χ4v) is 1.54. The Bertz CT molecular complexity index is 676. The number of carbonyl (C=O) groups excluding carboxylic acids is 1. The van der Waals surface area contributed by atoms with Crippen LogP contribution in [0, 0.1) is 0 Å². The molecule has 0 N–H and O–H groups in total. The van der Waals surface area contributed by atoms with Crippen molar-refractivity contribution in [1.29, 1.82) is 0 Å². The largest absolute Gasteiger partial charge is 0.493 e. The van der Waals surface area contributed by atoms with Gasteiger partial charge in [-0.05, 0) is 6.07 Å². The maximum atomic E-state index is 11.1. The minimum atomic E-state index is -2.68. The Morgan fingerprint density at radius 1 is 1.41 bits per heavy atom. The van der Waals surface area contributed by atoms with Crippen LogP contribution in [0.25, 0.3) is 10.9 Å². The van der Waals surface area contributed by atoms with Crippen molar-refractivity contribution in [3.05, 3.63) is 23.6 Å². The molecule has 0 spiro atoms. The summed E-state index contributed by atoms with van der Waals surface area (Å²) in [6, 6.07) is 2.69. The minimum absolute atomic E-state index is 0.0576. The topological polar surface area (TPSA) is 61.3 Å². The van der Waals surface area contributed by atoms with E-state index in [4.69, 9.17) is 25.2 Å². The van der Waals surface area contributed by atoms with Crippen molar-refractivity contribution in [3.8, 4) is 11.5 Å². The zero-order chi connectivity index (χ0) is 14.9. The molecule has 88 valence electrons. The molecule has 0 radical (unpaired) electrons. The summed E-state index contributed by atoms with van der Waals surface area (Å²) in [4.78, 5) is 18.8. The van der Waals surface area contributed by atoms with E-state index in [1.54, 1.807) is 0 Å². The van der Waals surface area contributed by atoms with Gasteiger partial charge in [-0.1, -0.05) is 11.6 Å². The molecule has 0 atom stereocenters. The van der Waals surface area contributed by atoms with Crippen molar-refractivity contribution >= 4 is 28.5 Å². The van der Waals surface area contributed by atoms with Gasteiger partial charge in [-0.3, -0.25) is 4.79 Å². The maximum Gasteiger partial charge on any atom is 0.308 e. The fourth-order valence-electron chi connectivity index (χ4n) is 1.35. The summed E-state index contributed by atoms with van der Waals surface area (Å²) in [5.74, 6) is -0.798. The van der Waals surface area contributed by atoms with Gasteiger partial charge in [-0.2, -0.15) is 0 Å². The van der Waals surface area contributed by atoms with E-state index in [2.05, 4.69) is 9.97 Å². The van der Waals surface area contributed by atoms with Gasteiger partial charge < -0.3 is 9.47 Å². The SMILES string of the molecule is [2H]C([2H])([2H])Oc1cc2ncnc(Cl)c2cc1OC(C)=O. The van der Waals surface area contributed by atoms with Crippen molar-refractivity contribution in [3.63, 3.8) is 0 Å². The molecule has 0 amide bonds. The van der Waals surface area contributed by atoms with Gasteiger partial charge in [0.15, 0.2) is 11.5 Å². The number of esters is 1. The van der Waals surface area contributed by atoms with Crippen molar-refractivity contribution in [2.75, 3.05) is 7.04 Å². The lowest BCUT2D eigenvalue weighted by Crippen LogP contribution is -2.03. The Labute approximate surface area is 107 Å². The second kappa shape index (κ2) is 4.55. The lowest BCUT2D eigenvalue weighted by molar-refractivity contribution is -0.131. The molecule has 0 unspecified atom stereocenters. The van der Waals surface area contributed by atoms with E-state index in [0.717, 1.165) is 0 Å². The van der Waals surface area contributed by atoms with Crippen LogP contribution in [0.1, 0.15) is 11.0 Å². The predicted molar refractivity (Wildman–Crippen MR) is 62.4 cm³/mol. The summed E-state index contributed by atoms with van der Waals surface area (Å²) in [6.07, 6.45) is 1.23. The highest BCUT2D eigenvalue weighted by atomic mass is 35.5. The average Bonchev–Trinajstić information content (AvgIpc) is 2.28. The van der Waals surface area contributed by atoms with E-state index in [9.17, 15) is 4.79 Å². The standard InChI is InChI=1S/C11H9ClN2O3/c1-6(15)17-10-3-7-8(4-9(10)16-2)13-5-14-11(7)12/h3-5H,1-2H3/i2D3. The van der Waals surface area contributed by atoms with Crippen LogP contribution in [0.2, 0.25) is 5.15 Å². The molecule has 0 aliphatic heterocycles. The van der Waals surface area contributed by atoms with Crippen molar-refractivity contribution in [2.45, 2.75) is 6.92 Å². The first kappa shape index (κ1) is 8.25. The number of aromatic nitrogens is 2. The lowest BCUT2D eigenvalue weighted by atomic mass is 10.2. The summed E-state index contributed by atoms with van der Waals surface area (Å²) in [6.45, 7) is 1.19. The number of carbonyl (C=O) groups is 1. The minimum Gasteiger partial charge on any atom is -0.493 e. The average molecular weight is 256 g/mol. The van der Waals surface area contributed by atoms with Crippen LogP contribution < -0.4 is 9.47 Å². The molecule has 6 heteroatoms. The van der Waals surface area contributed by atoms with Crippen LogP contribution in [-0.2, 0) is 4.79 Å². The molecule has 0 saturated carbocycles. The molecule has 17 heavy (non-hydrogen) atoms. The van der Waals surface area contributed by atoms with E-state index in [-0.39, 0.29) is 16.7 Å². The summed E-state index contributed by atoms with van der Waals surface area (Å²) in [5.41, 5.74) is 0.375. The van der Waals surface area contributed by atoms with Crippen LogP contribution in [0.3, 0.4) is 0 Å². The molecule has 0 bridgehead atoms. The molecule has 1 aromatic carbocycles. The molecular formula is C11H9ClN2O3. The number of methoxy groups -OCH3 is 1. The van der Waals surface area contributed by atoms with Gasteiger partial charge in [0.1, 0.15) is 11.5 Å². The van der Waals surface area contributed by atoms with Crippen molar-refractivity contribution in [1.82, 2.24) is 9.97 Å². The number of hydrogen-bond acceptors (Lipinski definition) is 5. The Morgan fingerprint density at radius 3 is 2.94 bits per heavy atom. The van der Waals surface area contributed by atoms with Gasteiger partial charge in [-0.15, -0.1) is 0 Å². The normalized spacial score (nSPS) is 13.6. The highest BCUT2D eigenvalue weighted by Gasteiger charge is 2.11. The third kappa shape index (κ3) is 2.29. The van der Waals surface area contributed by atoms with Crippen molar-refractivity contribution < 1.29 is 18.4 Å². The Hall–Kier alpha value is -1.88. The summed E-state index contributed by atoms with van der Waals surface area (Å²) in [5, 5.41) is 0.576. The number of hydrogen-bond donors (Lipinski definition) is 0. The van der Waals surface area contributed by atoms with Gasteiger partial charge in [0.25, 0.3) is 0 Å². The highest BCUT2D eigenvalue weighted by Crippen LogP contribution is 2.33. The molecule has 0 fully saturated rings. The van der Waals surface area contributed by atoms with Gasteiger partial charge in [-0.25, -0.2) is 9.97 Å². The van der Waals surface area contributed by atoms with E-state index in [0.29, 0.717) is 10.9 Å². The number of fused-ring (bicyclic) bond motifs is 1. The molecule has 0 aliphatic carbocycles. The van der Waals surface area contributed by atoms with E-state index >= 15 is 0 Å². The third-order valence-corrected chi connectivity index (χ3v) is 2.32. The van der Waals surface area contributed by atoms with Gasteiger partial charge in [0.2, 0.25) is 0 Å². The van der Waals surface area contributed by atoms with Crippen LogP contribution in [0.5, 0.6) is 11.5 Å². The number of nitrogens with zero attached hydrogens (tertiary/aromatic N) is 2. The smallest absolute Gasteiger partial charge is 0.308 e. The van der Waals surface area contributed by atoms with Crippen LogP contribution in [0.4, 0.5) is 0 Å². The molecule has 0 saturated heterocycles. The maximum absolute atomic E-state index is 11.1. The summed E-state index contributed by atoms with van der Waals surface area (Å²) in [7, 11) is -2.68. The molecular weight excluding hydrogens is 244 g/mol. The Balaban J connectivity index is 2.60. The predicted octanol–water partition coefficient (Wildman–Crippen LogP) is 2.22. The Morgan fingerprint density at radius 2 is 2.24 bits per heavy atom. The zero-order valence-electron chi connectivity index (χ0n) is 11.7. The lowest BCUT2D eigenvalue weighted by Gasteiger charge is -2.09. The van der Waals surface area contributed by atoms with Crippen LogP contribution >= 0.6 is 11.6 Å². The molecule has 1 heterocycles. The molecule has 5 nitrogen and oxygen atoms in total. The first-order valence-electron chi connectivity index (χ1n) is 6.08. The first-order valence-corrected chi connectivity index (χ1v) is 4.96. The van der Waals surface area contributed by atoms with Gasteiger partial charge >= 0.3 is 5.97 Å². The number of benzene rings is 1. The van der Waals surface area contributed by atoms with E-state index < -0.39 is 13.0 Å². The monoisotopic (exact) mass is 255 g/mol. The van der Waals surface area contributed by atoms with Crippen molar-refractivity contribution in [2.24, 2.45) is 0 Å². The number of rotatable bonds is 2. The molecule has 2 rings (SSSR count). The van der Waals surface area contributed by atoms with Gasteiger partial charge in [0, 0.05) is 18.4 Å². The second-order valence-electron chi connectivity index (χ2n) is 3.18. The third-order valence-electron chi connectivity index (χ3n) is 2.02. The second-order valence-corrected chi connectivity index (χ2v) is 3.53. The number of ether oxygens (including phenoxy) is 2. The first-order chi connectivity index (χ1) is 9.26. The van der Waals surface area contributed by atoms with Crippen LogP contribution in [-0.4, -0.2) is 23.0 Å². The summed E-state index contributed by atoms with van der Waals surface area (Å²) >= 11 is 5.91.